The van der Waals surface area contributed by atoms with Crippen LogP contribution in [-0.4, -0.2) is 67.1 Å². The summed E-state index contributed by atoms with van der Waals surface area (Å²) in [6, 6.07) is 9.49. The Morgan fingerprint density at radius 3 is 2.68 bits per heavy atom. The number of amides is 1. The maximum Gasteiger partial charge on any atom is 0.264 e. The number of benzene rings is 1. The average molecular weight is 425 g/mol. The molecule has 0 atom stereocenters. The molecule has 9 nitrogen and oxygen atoms in total. The Kier molecular flexibility index (Phi) is 6.15. The molecule has 1 fully saturated rings. The van der Waals surface area contributed by atoms with Crippen LogP contribution in [0, 0.1) is 0 Å². The number of nitrogens with zero attached hydrogens (tertiary/aromatic N) is 5. The van der Waals surface area contributed by atoms with E-state index >= 15 is 0 Å². The topological polar surface area (TPSA) is 102 Å². The number of ether oxygens (including phenoxy) is 1. The number of rotatable bonds is 7. The lowest BCUT2D eigenvalue weighted by atomic mass is 9.91. The first-order valence-electron chi connectivity index (χ1n) is 10.6. The monoisotopic (exact) mass is 425 g/mol. The maximum atomic E-state index is 13.0. The fraction of sp³-hybridized carbons (Fsp3) is 0.455. The van der Waals surface area contributed by atoms with Gasteiger partial charge >= 0.3 is 0 Å². The van der Waals surface area contributed by atoms with Crippen molar-refractivity contribution in [1.82, 2.24) is 24.2 Å². The molecule has 0 radical (unpaired) electrons. The molecule has 3 heterocycles. The van der Waals surface area contributed by atoms with Gasteiger partial charge in [-0.25, -0.2) is 9.67 Å². The molecular formula is C22H27N5O4. The van der Waals surface area contributed by atoms with Crippen LogP contribution < -0.4 is 5.56 Å². The van der Waals surface area contributed by atoms with Gasteiger partial charge in [-0.3, -0.25) is 14.2 Å². The molecule has 0 aliphatic carbocycles. The third kappa shape index (κ3) is 4.52. The van der Waals surface area contributed by atoms with Gasteiger partial charge in [0.25, 0.3) is 5.56 Å². The Labute approximate surface area is 179 Å². The molecule has 0 bridgehead atoms. The molecule has 1 N–H and O–H groups in total. The second-order valence-electron chi connectivity index (χ2n) is 7.86. The lowest BCUT2D eigenvalue weighted by Crippen LogP contribution is -2.49. The molecule has 164 valence electrons. The van der Waals surface area contributed by atoms with Crippen molar-refractivity contribution in [2.75, 3.05) is 26.3 Å². The van der Waals surface area contributed by atoms with Gasteiger partial charge in [-0.1, -0.05) is 18.2 Å². The quantitative estimate of drug-likeness (QED) is 0.574. The lowest BCUT2D eigenvalue weighted by Gasteiger charge is -2.38. The van der Waals surface area contributed by atoms with E-state index in [4.69, 9.17) is 4.74 Å². The van der Waals surface area contributed by atoms with Gasteiger partial charge in [0.05, 0.1) is 37.1 Å². The van der Waals surface area contributed by atoms with Gasteiger partial charge < -0.3 is 14.7 Å². The molecule has 2 aromatic heterocycles. The summed E-state index contributed by atoms with van der Waals surface area (Å²) in [5.41, 5.74) is -0.00202. The number of likely N-dealkylation sites (tertiary alicyclic amines) is 1. The fourth-order valence-corrected chi connectivity index (χ4v) is 3.93. The number of fused-ring (bicyclic) bond motifs is 1. The zero-order valence-electron chi connectivity index (χ0n) is 17.6. The number of aromatic nitrogens is 4. The Balaban J connectivity index is 1.46. The Morgan fingerprint density at radius 1 is 1.23 bits per heavy atom. The fourth-order valence-electron chi connectivity index (χ4n) is 3.93. The van der Waals surface area contributed by atoms with Crippen molar-refractivity contribution in [3.8, 4) is 5.69 Å². The van der Waals surface area contributed by atoms with Crippen molar-refractivity contribution in [3.63, 3.8) is 0 Å². The molecule has 0 saturated carbocycles. The highest BCUT2D eigenvalue weighted by atomic mass is 16.5. The van der Waals surface area contributed by atoms with Crippen molar-refractivity contribution in [1.29, 1.82) is 0 Å². The Morgan fingerprint density at radius 2 is 1.97 bits per heavy atom. The normalized spacial score (nSPS) is 16.0. The lowest BCUT2D eigenvalue weighted by molar-refractivity contribution is -0.137. The van der Waals surface area contributed by atoms with Gasteiger partial charge in [-0.05, 0) is 31.9 Å². The first-order chi connectivity index (χ1) is 15.0. The molecule has 4 rings (SSSR count). The van der Waals surface area contributed by atoms with E-state index in [1.54, 1.807) is 9.58 Å². The van der Waals surface area contributed by atoms with Crippen LogP contribution in [0.3, 0.4) is 0 Å². The summed E-state index contributed by atoms with van der Waals surface area (Å²) in [6.45, 7) is 3.94. The highest BCUT2D eigenvalue weighted by molar-refractivity contribution is 5.76. The number of carbonyl (C=O) groups excluding carboxylic acids is 1. The second kappa shape index (κ2) is 8.99. The van der Waals surface area contributed by atoms with Gasteiger partial charge in [0, 0.05) is 19.7 Å². The summed E-state index contributed by atoms with van der Waals surface area (Å²) in [7, 11) is 0. The molecule has 1 aliphatic rings. The van der Waals surface area contributed by atoms with Crippen molar-refractivity contribution < 1.29 is 14.6 Å². The van der Waals surface area contributed by atoms with Crippen molar-refractivity contribution in [3.05, 3.63) is 53.2 Å². The van der Waals surface area contributed by atoms with Crippen LogP contribution in [0.2, 0.25) is 0 Å². The van der Waals surface area contributed by atoms with Gasteiger partial charge in [-0.15, -0.1) is 0 Å². The molecule has 9 heteroatoms. The van der Waals surface area contributed by atoms with Crippen molar-refractivity contribution >= 4 is 16.9 Å². The summed E-state index contributed by atoms with van der Waals surface area (Å²) < 4.78 is 8.31. The highest BCUT2D eigenvalue weighted by Crippen LogP contribution is 2.24. The number of carbonyl (C=O) groups is 1. The average Bonchev–Trinajstić information content (AvgIpc) is 3.22. The SMILES string of the molecule is CCOCCC(=O)N1CCC(O)(Cn2cnc3c(cnn3-c3ccccc3)c2=O)CC1. The van der Waals surface area contributed by atoms with Crippen LogP contribution in [-0.2, 0) is 16.1 Å². The number of aliphatic hydroxyl groups is 1. The molecule has 1 saturated heterocycles. The molecule has 31 heavy (non-hydrogen) atoms. The third-order valence-electron chi connectivity index (χ3n) is 5.73. The Hall–Kier alpha value is -3.04. The summed E-state index contributed by atoms with van der Waals surface area (Å²) in [6.07, 6.45) is 4.13. The molecule has 3 aromatic rings. The molecule has 1 amide bonds. The third-order valence-corrected chi connectivity index (χ3v) is 5.73. The molecule has 0 unspecified atom stereocenters. The van der Waals surface area contributed by atoms with Crippen LogP contribution >= 0.6 is 0 Å². The van der Waals surface area contributed by atoms with E-state index in [2.05, 4.69) is 10.1 Å². The zero-order valence-corrected chi connectivity index (χ0v) is 17.6. The van der Waals surface area contributed by atoms with E-state index in [1.807, 2.05) is 37.3 Å². The summed E-state index contributed by atoms with van der Waals surface area (Å²) >= 11 is 0. The van der Waals surface area contributed by atoms with E-state index in [0.29, 0.717) is 56.6 Å². The Bertz CT molecular complexity index is 1100. The molecule has 1 aromatic carbocycles. The van der Waals surface area contributed by atoms with Crippen LogP contribution in [0.5, 0.6) is 0 Å². The smallest absolute Gasteiger partial charge is 0.264 e. The number of piperidine rings is 1. The van der Waals surface area contributed by atoms with E-state index in [1.165, 1.54) is 17.1 Å². The molecule has 1 aliphatic heterocycles. The van der Waals surface area contributed by atoms with E-state index < -0.39 is 5.60 Å². The minimum Gasteiger partial charge on any atom is -0.388 e. The maximum absolute atomic E-state index is 13.0. The standard InChI is InChI=1S/C22H27N5O4/c1-2-31-13-8-19(28)25-11-9-22(30,10-12-25)15-26-16-23-20-18(21(26)29)14-24-27(20)17-6-4-3-5-7-17/h3-7,14,16,30H,2,8-13,15H2,1H3. The second-order valence-corrected chi connectivity index (χ2v) is 7.86. The number of para-hydroxylation sites is 1. The minimum atomic E-state index is -1.06. The summed E-state index contributed by atoms with van der Waals surface area (Å²) in [5, 5.41) is 15.8. The number of hydrogen-bond acceptors (Lipinski definition) is 6. The summed E-state index contributed by atoms with van der Waals surface area (Å²) in [5.74, 6) is 0.0316. The van der Waals surface area contributed by atoms with Crippen LogP contribution in [0.4, 0.5) is 0 Å². The van der Waals surface area contributed by atoms with Gasteiger partial charge in [0.15, 0.2) is 5.65 Å². The van der Waals surface area contributed by atoms with Crippen molar-refractivity contribution in [2.45, 2.75) is 38.3 Å². The zero-order chi connectivity index (χ0) is 21.8. The minimum absolute atomic E-state index is 0.0316. The van der Waals surface area contributed by atoms with E-state index in [-0.39, 0.29) is 18.0 Å². The predicted octanol–water partition coefficient (Wildman–Crippen LogP) is 1.36. The largest absolute Gasteiger partial charge is 0.388 e. The van der Waals surface area contributed by atoms with Crippen LogP contribution in [0.15, 0.2) is 47.7 Å². The highest BCUT2D eigenvalue weighted by Gasteiger charge is 2.34. The first kappa shape index (κ1) is 21.2. The molecule has 0 spiro atoms. The van der Waals surface area contributed by atoms with Crippen LogP contribution in [0.1, 0.15) is 26.2 Å². The number of hydrogen-bond donors (Lipinski definition) is 1. The van der Waals surface area contributed by atoms with Gasteiger partial charge in [0.1, 0.15) is 11.7 Å². The van der Waals surface area contributed by atoms with Gasteiger partial charge in [0.2, 0.25) is 5.91 Å². The van der Waals surface area contributed by atoms with Crippen molar-refractivity contribution in [2.24, 2.45) is 0 Å². The predicted molar refractivity (Wildman–Crippen MR) is 115 cm³/mol. The van der Waals surface area contributed by atoms with E-state index in [9.17, 15) is 14.7 Å². The van der Waals surface area contributed by atoms with E-state index in [0.717, 1.165) is 5.69 Å². The molecular weight excluding hydrogens is 398 g/mol. The summed E-state index contributed by atoms with van der Waals surface area (Å²) in [4.78, 5) is 31.4. The van der Waals surface area contributed by atoms with Gasteiger partial charge in [-0.2, -0.15) is 5.10 Å². The first-order valence-corrected chi connectivity index (χ1v) is 10.6. The van der Waals surface area contributed by atoms with Crippen LogP contribution in [0.25, 0.3) is 16.7 Å².